The van der Waals surface area contributed by atoms with Crippen LogP contribution in [0, 0.1) is 11.8 Å². The molecule has 0 aliphatic carbocycles. The van der Waals surface area contributed by atoms with E-state index in [4.69, 9.17) is 51.6 Å². The van der Waals surface area contributed by atoms with Gasteiger partial charge < -0.3 is 141 Å². The number of aromatic nitrogens is 1. The van der Waals surface area contributed by atoms with Crippen molar-refractivity contribution >= 4 is 123 Å². The maximum Gasteiger partial charge on any atom is 0.326 e. The molecule has 14 amide bonds. The largest absolute Gasteiger partial charge is 0.480 e. The number of carboxylic acid groups (broad SMARTS) is 1. The van der Waals surface area contributed by atoms with Gasteiger partial charge in [-0.3, -0.25) is 77.1 Å². The number of likely N-dealkylation sites (tertiary alicyclic amines) is 1. The Hall–Kier alpha value is -10.5. The van der Waals surface area contributed by atoms with Gasteiger partial charge in [0.15, 0.2) is 11.9 Å². The molecule has 704 valence electrons. The summed E-state index contributed by atoms with van der Waals surface area (Å²) in [5.41, 5.74) is 52.6. The van der Waals surface area contributed by atoms with Gasteiger partial charge in [0.05, 0.1) is 12.6 Å². The van der Waals surface area contributed by atoms with E-state index >= 15 is 14.4 Å². The normalized spacial score (nSPS) is 16.1. The number of carbonyl (C=O) groups excluding carboxylic acids is 14. The summed E-state index contributed by atoms with van der Waals surface area (Å²) in [7, 11) is 0. The number of nitrogens with one attached hydrogen (secondary N) is 14. The Bertz CT molecular complexity index is 3870. The standard InChI is InChI=1S/C81H142N26O17S/c1-9-46(4)64(106-74(118)60(41-45(2)3)103-75(119)62(44-108)105-72(116)57(29-20-37-91-80(87)88)99-65(109)47(5)94-68(112)52(86)32-40-125-8)77(121)104-61(42-50-43-93-53-24-11-10-23-51(50)53)73(117)101-58(30-21-38-92-81(89)90)78(122)107-39-22-31-63(107)76(120)96-49(7)67(111)97-54(25-12-16-33-82)69(113)95-48(6)66(110)98-55(26-13-17-34-83)70(114)100-56(27-14-18-35-84)71(115)102-59(79(123)124)28-15-19-36-85/h10-11,23-24,43,45-49,52,54-64,93,108H,9,12-22,25-42,44,82-86H2,1-8H3,(H,94,112)(H,95,113)(H,96,120)(H,97,111)(H,98,110)(H,99,109)(H,100,114)(H,101,117)(H,102,115)(H,103,119)(H,104,121)(H,105,116)(H,106,118)(H,123,124)(H4,87,88,91)(H4,89,90,92)/t46-,47-,48-,49-,52-,54-,55-,56-,57-,58-,59-,60-,61-,62-,63-,64-/m0/s1. The van der Waals surface area contributed by atoms with E-state index in [-0.39, 0.29) is 141 Å². The monoisotopic (exact) mass is 1780 g/mol. The Morgan fingerprint density at radius 1 is 0.480 bits per heavy atom. The molecule has 1 aromatic carbocycles. The van der Waals surface area contributed by atoms with Crippen LogP contribution in [0.2, 0.25) is 0 Å². The molecule has 1 aliphatic rings. The SMILES string of the molecule is CC[C@H](C)[C@H](NC(=O)[C@H](CC(C)C)NC(=O)[C@H](CO)NC(=O)[C@H](CCCN=C(N)N)NC(=O)[C@H](C)NC(=O)[C@@H](N)CCSC)C(=O)N[C@@H](Cc1c[nH]c2ccccc12)C(=O)N[C@@H](CCCN=C(N)N)C(=O)N1CCC[C@H]1C(=O)N[C@@H](C)C(=O)N[C@@H](CCCCN)C(=O)N[C@@H](C)C(=O)N[C@@H](CCCCN)C(=O)N[C@@H](CCCCN)C(=O)N[C@@H](CCCCN)C(=O)O. The number of hydrogen-bond donors (Lipinski definition) is 25. The molecule has 0 saturated carbocycles. The molecular weight excluding hydrogens is 1640 g/mol. The average Bonchev–Trinajstić information content (AvgIpc) is 1.72. The molecule has 1 fully saturated rings. The molecule has 0 radical (unpaired) electrons. The van der Waals surface area contributed by atoms with E-state index in [0.717, 1.165) is 0 Å². The number of aliphatic hydroxyl groups excluding tert-OH is 1. The molecule has 2 heterocycles. The van der Waals surface area contributed by atoms with Gasteiger partial charge in [0.1, 0.15) is 84.6 Å². The van der Waals surface area contributed by atoms with Crippen molar-refractivity contribution in [1.82, 2.24) is 79.0 Å². The van der Waals surface area contributed by atoms with Gasteiger partial charge in [0, 0.05) is 43.2 Å². The lowest BCUT2D eigenvalue weighted by Crippen LogP contribution is -2.62. The van der Waals surface area contributed by atoms with Crippen LogP contribution in [0.5, 0.6) is 0 Å². The van der Waals surface area contributed by atoms with Gasteiger partial charge in [0.25, 0.3) is 0 Å². The minimum atomic E-state index is -1.72. The molecule has 1 saturated heterocycles. The van der Waals surface area contributed by atoms with Gasteiger partial charge in [-0.15, -0.1) is 0 Å². The number of rotatable bonds is 62. The van der Waals surface area contributed by atoms with Crippen LogP contribution in [0.25, 0.3) is 10.9 Å². The highest BCUT2D eigenvalue weighted by Gasteiger charge is 2.42. The summed E-state index contributed by atoms with van der Waals surface area (Å²) >= 11 is 1.48. The van der Waals surface area contributed by atoms with Crippen molar-refractivity contribution in [2.45, 2.75) is 280 Å². The van der Waals surface area contributed by atoms with Crippen molar-refractivity contribution in [2.24, 2.45) is 73.4 Å². The number of carbonyl (C=O) groups is 15. The third-order valence-electron chi connectivity index (χ3n) is 21.2. The number of aliphatic carboxylic acids is 1. The molecule has 44 heteroatoms. The van der Waals surface area contributed by atoms with Crippen molar-refractivity contribution in [3.8, 4) is 0 Å². The summed E-state index contributed by atoms with van der Waals surface area (Å²) in [4.78, 5) is 224. The van der Waals surface area contributed by atoms with Crippen LogP contribution < -0.4 is 121 Å². The molecular formula is C81H142N26O17S. The van der Waals surface area contributed by atoms with Crippen molar-refractivity contribution in [3.63, 3.8) is 0 Å². The molecule has 0 spiro atoms. The lowest BCUT2D eigenvalue weighted by molar-refractivity contribution is -0.142. The number of thioether (sulfide) groups is 1. The number of unbranched alkanes of at least 4 members (excludes halogenated alkanes) is 4. The van der Waals surface area contributed by atoms with E-state index in [1.54, 1.807) is 58.2 Å². The highest BCUT2D eigenvalue weighted by atomic mass is 32.2. The zero-order valence-electron chi connectivity index (χ0n) is 73.6. The second kappa shape index (κ2) is 58.6. The lowest BCUT2D eigenvalue weighted by atomic mass is 9.95. The molecule has 2 aromatic rings. The molecule has 43 nitrogen and oxygen atoms in total. The number of guanidine groups is 2. The van der Waals surface area contributed by atoms with E-state index in [9.17, 15) is 67.7 Å². The molecule has 1 aromatic heterocycles. The first-order chi connectivity index (χ1) is 59.4. The summed E-state index contributed by atoms with van der Waals surface area (Å²) in [6.45, 7) is 11.1. The highest BCUT2D eigenvalue weighted by molar-refractivity contribution is 7.98. The Balaban J connectivity index is 1.94. The molecule has 16 atom stereocenters. The maximum atomic E-state index is 15.3. The number of benzene rings is 1. The molecule has 3 rings (SSSR count). The summed E-state index contributed by atoms with van der Waals surface area (Å²) in [6, 6.07) is -12.8. The average molecular weight is 1780 g/mol. The number of H-pyrrole nitrogens is 1. The molecule has 0 bridgehead atoms. The predicted molar refractivity (Wildman–Crippen MR) is 475 cm³/mol. The predicted octanol–water partition coefficient (Wildman–Crippen LogP) is -5.06. The van der Waals surface area contributed by atoms with Crippen LogP contribution in [-0.2, 0) is 78.3 Å². The summed E-state index contributed by atoms with van der Waals surface area (Å²) in [6.07, 6.45) is 7.87. The number of nitrogens with zero attached hydrogens (tertiary/aromatic N) is 3. The van der Waals surface area contributed by atoms with Crippen LogP contribution in [0.4, 0.5) is 0 Å². The van der Waals surface area contributed by atoms with Crippen molar-refractivity contribution in [3.05, 3.63) is 36.0 Å². The second-order valence-corrected chi connectivity index (χ2v) is 32.9. The third-order valence-corrected chi connectivity index (χ3v) is 21.8. The summed E-state index contributed by atoms with van der Waals surface area (Å²) in [5, 5.41) is 55.6. The number of fused-ring (bicyclic) bond motifs is 1. The van der Waals surface area contributed by atoms with Crippen molar-refractivity contribution in [1.29, 1.82) is 0 Å². The fourth-order valence-corrected chi connectivity index (χ4v) is 14.2. The molecule has 0 unspecified atom stereocenters. The van der Waals surface area contributed by atoms with Crippen LogP contribution in [0.1, 0.15) is 189 Å². The maximum absolute atomic E-state index is 15.3. The molecule has 1 aliphatic heterocycles. The molecule has 125 heavy (non-hydrogen) atoms. The number of aromatic amines is 1. The van der Waals surface area contributed by atoms with Crippen LogP contribution in [0.15, 0.2) is 40.4 Å². The first-order valence-electron chi connectivity index (χ1n) is 43.2. The van der Waals surface area contributed by atoms with Crippen molar-refractivity contribution in [2.75, 3.05) is 64.4 Å². The quantitative estimate of drug-likeness (QED) is 0.0167. The number of aliphatic hydroxyl groups is 1. The molecule has 34 N–H and O–H groups in total. The van der Waals surface area contributed by atoms with Gasteiger partial charge in [-0.25, -0.2) is 4.79 Å². The zero-order chi connectivity index (χ0) is 93.4. The van der Waals surface area contributed by atoms with E-state index in [2.05, 4.69) is 84.1 Å². The second-order valence-electron chi connectivity index (χ2n) is 31.9. The Morgan fingerprint density at radius 3 is 1.35 bits per heavy atom. The number of para-hydroxylation sites is 1. The zero-order valence-corrected chi connectivity index (χ0v) is 74.4. The van der Waals surface area contributed by atoms with Gasteiger partial charge in [-0.1, -0.05) is 52.3 Å². The first-order valence-corrected chi connectivity index (χ1v) is 44.6. The van der Waals surface area contributed by atoms with Gasteiger partial charge >= 0.3 is 5.97 Å². The lowest BCUT2D eigenvalue weighted by Gasteiger charge is -2.31. The van der Waals surface area contributed by atoms with Crippen molar-refractivity contribution < 1.29 is 82.1 Å². The topological polar surface area (TPSA) is 731 Å². The fourth-order valence-electron chi connectivity index (χ4n) is 13.7. The Morgan fingerprint density at radius 2 is 0.880 bits per heavy atom. The first kappa shape index (κ1) is 109. The van der Waals surface area contributed by atoms with E-state index in [1.807, 2.05) is 6.26 Å². The van der Waals surface area contributed by atoms with Gasteiger partial charge in [-0.2, -0.15) is 11.8 Å². The Labute approximate surface area is 735 Å². The number of amides is 14. The Kier molecular flexibility index (Phi) is 50.9. The van der Waals surface area contributed by atoms with Crippen LogP contribution >= 0.6 is 11.8 Å². The summed E-state index contributed by atoms with van der Waals surface area (Å²) in [5.74, 6) is -13.6. The number of carboxylic acids is 1. The minimum absolute atomic E-state index is 0.00424. The smallest absolute Gasteiger partial charge is 0.326 e. The number of nitrogens with two attached hydrogens (primary N) is 9. The van der Waals surface area contributed by atoms with Crippen LogP contribution in [0.3, 0.4) is 0 Å². The van der Waals surface area contributed by atoms with E-state index in [1.165, 1.54) is 37.4 Å². The van der Waals surface area contributed by atoms with Gasteiger partial charge in [0.2, 0.25) is 82.7 Å². The fraction of sp³-hybridized carbons (Fsp3) is 0.691. The highest BCUT2D eigenvalue weighted by Crippen LogP contribution is 2.24. The third kappa shape index (κ3) is 39.3. The van der Waals surface area contributed by atoms with Gasteiger partial charge in [-0.05, 0) is 211 Å². The number of aliphatic imine (C=N–C) groups is 2. The minimum Gasteiger partial charge on any atom is -0.480 e. The van der Waals surface area contributed by atoms with E-state index < -0.39 is 192 Å². The van der Waals surface area contributed by atoms with E-state index in [0.29, 0.717) is 86.6 Å². The van der Waals surface area contributed by atoms with Crippen LogP contribution in [-0.4, -0.2) is 276 Å². The number of hydrogen-bond acceptors (Lipinski definition) is 24. The summed E-state index contributed by atoms with van der Waals surface area (Å²) < 4.78 is 0.